The Morgan fingerprint density at radius 3 is 2.41 bits per heavy atom. The molecule has 4 rings (SSSR count). The first-order chi connectivity index (χ1) is 15.6. The summed E-state index contributed by atoms with van der Waals surface area (Å²) in [6.45, 7) is 1.45. The minimum absolute atomic E-state index is 0.0178. The number of piperidine rings is 1. The minimum Gasteiger partial charge on any atom is -0.497 e. The lowest BCUT2D eigenvalue weighted by atomic mass is 9.90. The number of aryl methyl sites for hydroxylation is 1. The van der Waals surface area contributed by atoms with Gasteiger partial charge in [-0.15, -0.1) is 0 Å². The third kappa shape index (κ3) is 5.44. The molecule has 0 aliphatic carbocycles. The van der Waals surface area contributed by atoms with E-state index in [1.54, 1.807) is 13.2 Å². The number of aromatic nitrogens is 2. The first-order valence-corrected chi connectivity index (χ1v) is 11.2. The smallest absolute Gasteiger partial charge is 0.267 e. The molecular formula is C26H29N3O3. The highest BCUT2D eigenvalue weighted by molar-refractivity contribution is 5.76. The summed E-state index contributed by atoms with van der Waals surface area (Å²) in [5.74, 6) is 1.45. The summed E-state index contributed by atoms with van der Waals surface area (Å²) in [5, 5.41) is 4.42. The molecule has 2 heterocycles. The SMILES string of the molecule is COc1ccc(CCC2CCN(C(=O)Cn3nc(-c4ccccc4)ccc3=O)CC2)cc1. The number of methoxy groups -OCH3 is 1. The van der Waals surface area contributed by atoms with E-state index >= 15 is 0 Å². The van der Waals surface area contributed by atoms with Crippen LogP contribution in [0.4, 0.5) is 0 Å². The number of hydrogen-bond donors (Lipinski definition) is 0. The van der Waals surface area contributed by atoms with Crippen molar-refractivity contribution < 1.29 is 9.53 Å². The van der Waals surface area contributed by atoms with Gasteiger partial charge >= 0.3 is 0 Å². The lowest BCUT2D eigenvalue weighted by Crippen LogP contribution is -2.42. The molecule has 0 bridgehead atoms. The standard InChI is InChI=1S/C26H29N3O3/c1-32-23-11-9-20(10-12-23)7-8-21-15-17-28(18-16-21)26(31)19-29-25(30)14-13-24(27-29)22-5-3-2-4-6-22/h2-6,9-14,21H,7-8,15-19H2,1H3. The second kappa shape index (κ2) is 10.3. The number of hydrogen-bond acceptors (Lipinski definition) is 4. The highest BCUT2D eigenvalue weighted by Gasteiger charge is 2.23. The summed E-state index contributed by atoms with van der Waals surface area (Å²) in [6.07, 6.45) is 4.14. The van der Waals surface area contributed by atoms with Gasteiger partial charge in [-0.05, 0) is 55.4 Å². The van der Waals surface area contributed by atoms with Gasteiger partial charge in [0, 0.05) is 24.7 Å². The summed E-state index contributed by atoms with van der Waals surface area (Å²) in [4.78, 5) is 27.0. The van der Waals surface area contributed by atoms with E-state index in [1.165, 1.54) is 16.3 Å². The number of benzene rings is 2. The third-order valence-corrected chi connectivity index (χ3v) is 6.19. The Balaban J connectivity index is 1.29. The molecule has 3 aromatic rings. The average Bonchev–Trinajstić information content (AvgIpc) is 2.85. The van der Waals surface area contributed by atoms with Crippen molar-refractivity contribution >= 4 is 5.91 Å². The van der Waals surface area contributed by atoms with Crippen LogP contribution in [0.15, 0.2) is 71.5 Å². The maximum atomic E-state index is 12.8. The molecule has 0 unspecified atom stereocenters. The van der Waals surface area contributed by atoms with E-state index in [4.69, 9.17) is 4.74 Å². The number of carbonyl (C=O) groups excluding carboxylic acids is 1. The van der Waals surface area contributed by atoms with E-state index in [2.05, 4.69) is 17.2 Å². The van der Waals surface area contributed by atoms with E-state index in [0.717, 1.165) is 50.1 Å². The first kappa shape index (κ1) is 21.8. The van der Waals surface area contributed by atoms with Crippen LogP contribution in [-0.4, -0.2) is 40.8 Å². The van der Waals surface area contributed by atoms with Gasteiger partial charge in [-0.2, -0.15) is 5.10 Å². The fourth-order valence-corrected chi connectivity index (χ4v) is 4.19. The van der Waals surface area contributed by atoms with E-state index in [-0.39, 0.29) is 18.0 Å². The maximum absolute atomic E-state index is 12.8. The van der Waals surface area contributed by atoms with E-state index in [0.29, 0.717) is 11.6 Å². The number of rotatable bonds is 7. The molecular weight excluding hydrogens is 402 g/mol. The fraction of sp³-hybridized carbons (Fsp3) is 0.346. The van der Waals surface area contributed by atoms with E-state index in [9.17, 15) is 9.59 Å². The Hall–Kier alpha value is -3.41. The molecule has 1 aliphatic heterocycles. The van der Waals surface area contributed by atoms with Gasteiger partial charge < -0.3 is 9.64 Å². The molecule has 1 amide bonds. The van der Waals surface area contributed by atoms with Crippen molar-refractivity contribution in [3.05, 3.63) is 82.6 Å². The summed E-state index contributed by atoms with van der Waals surface area (Å²) in [6, 6.07) is 21.1. The highest BCUT2D eigenvalue weighted by atomic mass is 16.5. The van der Waals surface area contributed by atoms with Gasteiger partial charge in [-0.1, -0.05) is 42.5 Å². The van der Waals surface area contributed by atoms with Gasteiger partial charge in [0.25, 0.3) is 5.56 Å². The number of nitrogens with zero attached hydrogens (tertiary/aromatic N) is 3. The molecule has 6 nitrogen and oxygen atoms in total. The number of likely N-dealkylation sites (tertiary alicyclic amines) is 1. The zero-order chi connectivity index (χ0) is 22.3. The molecule has 1 fully saturated rings. The van der Waals surface area contributed by atoms with Crippen LogP contribution in [0.5, 0.6) is 5.75 Å². The van der Waals surface area contributed by atoms with Gasteiger partial charge in [-0.3, -0.25) is 9.59 Å². The van der Waals surface area contributed by atoms with Crippen molar-refractivity contribution in [1.29, 1.82) is 0 Å². The van der Waals surface area contributed by atoms with Crippen molar-refractivity contribution in [3.63, 3.8) is 0 Å². The van der Waals surface area contributed by atoms with Gasteiger partial charge in [-0.25, -0.2) is 4.68 Å². The fourth-order valence-electron chi connectivity index (χ4n) is 4.19. The van der Waals surface area contributed by atoms with E-state index < -0.39 is 0 Å². The van der Waals surface area contributed by atoms with Gasteiger partial charge in [0.2, 0.25) is 5.91 Å². The zero-order valence-electron chi connectivity index (χ0n) is 18.4. The van der Waals surface area contributed by atoms with Gasteiger partial charge in [0.1, 0.15) is 12.3 Å². The summed E-state index contributed by atoms with van der Waals surface area (Å²) in [5.41, 5.74) is 2.67. The molecule has 0 N–H and O–H groups in total. The molecule has 2 aromatic carbocycles. The summed E-state index contributed by atoms with van der Waals surface area (Å²) >= 11 is 0. The van der Waals surface area contributed by atoms with Gasteiger partial charge in [0.15, 0.2) is 0 Å². The van der Waals surface area contributed by atoms with Crippen molar-refractivity contribution in [2.75, 3.05) is 20.2 Å². The molecule has 0 radical (unpaired) electrons. The van der Waals surface area contributed by atoms with E-state index in [1.807, 2.05) is 47.4 Å². The minimum atomic E-state index is -0.257. The van der Waals surface area contributed by atoms with Crippen LogP contribution in [0.1, 0.15) is 24.8 Å². The predicted octanol–water partition coefficient (Wildman–Crippen LogP) is 3.79. The first-order valence-electron chi connectivity index (χ1n) is 11.2. The van der Waals surface area contributed by atoms with Crippen LogP contribution in [0.25, 0.3) is 11.3 Å². The summed E-state index contributed by atoms with van der Waals surface area (Å²) < 4.78 is 6.49. The van der Waals surface area contributed by atoms with Crippen molar-refractivity contribution in [3.8, 4) is 17.0 Å². The molecule has 0 spiro atoms. The zero-order valence-corrected chi connectivity index (χ0v) is 18.4. The Kier molecular flexibility index (Phi) is 7.00. The predicted molar refractivity (Wildman–Crippen MR) is 125 cm³/mol. The largest absolute Gasteiger partial charge is 0.497 e. The second-order valence-electron chi connectivity index (χ2n) is 8.29. The Labute approximate surface area is 188 Å². The van der Waals surface area contributed by atoms with Crippen LogP contribution in [0, 0.1) is 5.92 Å². The third-order valence-electron chi connectivity index (χ3n) is 6.19. The molecule has 0 saturated carbocycles. The normalized spacial score (nSPS) is 14.3. The molecule has 1 aromatic heterocycles. The topological polar surface area (TPSA) is 64.4 Å². The molecule has 1 saturated heterocycles. The lowest BCUT2D eigenvalue weighted by Gasteiger charge is -2.32. The quantitative estimate of drug-likeness (QED) is 0.571. The number of ether oxygens (including phenoxy) is 1. The summed E-state index contributed by atoms with van der Waals surface area (Å²) in [7, 11) is 1.68. The molecule has 0 atom stereocenters. The van der Waals surface area contributed by atoms with Crippen LogP contribution in [-0.2, 0) is 17.8 Å². The van der Waals surface area contributed by atoms with Crippen LogP contribution in [0.2, 0.25) is 0 Å². The van der Waals surface area contributed by atoms with Crippen molar-refractivity contribution in [2.45, 2.75) is 32.2 Å². The number of carbonyl (C=O) groups is 1. The number of amides is 1. The van der Waals surface area contributed by atoms with Crippen LogP contribution in [0.3, 0.4) is 0 Å². The molecule has 6 heteroatoms. The molecule has 32 heavy (non-hydrogen) atoms. The highest BCUT2D eigenvalue weighted by Crippen LogP contribution is 2.23. The monoisotopic (exact) mass is 431 g/mol. The molecule has 1 aliphatic rings. The maximum Gasteiger partial charge on any atom is 0.267 e. The Morgan fingerprint density at radius 2 is 1.72 bits per heavy atom. The lowest BCUT2D eigenvalue weighted by molar-refractivity contribution is -0.133. The van der Waals surface area contributed by atoms with Gasteiger partial charge in [0.05, 0.1) is 12.8 Å². The molecule has 166 valence electrons. The second-order valence-corrected chi connectivity index (χ2v) is 8.29. The van der Waals surface area contributed by atoms with Crippen molar-refractivity contribution in [2.24, 2.45) is 5.92 Å². The van der Waals surface area contributed by atoms with Crippen molar-refractivity contribution in [1.82, 2.24) is 14.7 Å². The Bertz CT molecular complexity index is 1090. The average molecular weight is 432 g/mol. The van der Waals surface area contributed by atoms with Crippen LogP contribution >= 0.6 is 0 Å². The Morgan fingerprint density at radius 1 is 1.00 bits per heavy atom. The van der Waals surface area contributed by atoms with Crippen LogP contribution < -0.4 is 10.3 Å².